The molecule has 0 saturated heterocycles. The van der Waals surface area contributed by atoms with Crippen LogP contribution in [0.15, 0.2) is 28.7 Å². The Kier molecular flexibility index (Phi) is 3.78. The van der Waals surface area contributed by atoms with E-state index in [1.165, 1.54) is 0 Å². The Morgan fingerprint density at radius 3 is 2.94 bits per heavy atom. The first-order valence-corrected chi connectivity index (χ1v) is 5.61. The highest BCUT2D eigenvalue weighted by atomic mass is 35.5. The third-order valence-corrected chi connectivity index (χ3v) is 2.29. The van der Waals surface area contributed by atoms with Crippen molar-refractivity contribution in [3.8, 4) is 0 Å². The summed E-state index contributed by atoms with van der Waals surface area (Å²) >= 11 is 5.80. The van der Waals surface area contributed by atoms with Crippen molar-refractivity contribution in [2.75, 3.05) is 5.32 Å². The molecule has 2 N–H and O–H groups in total. The molecule has 0 atom stereocenters. The quantitative estimate of drug-likeness (QED) is 0.894. The van der Waals surface area contributed by atoms with Gasteiger partial charge in [-0.25, -0.2) is 4.79 Å². The van der Waals surface area contributed by atoms with Crippen LogP contribution in [0.1, 0.15) is 11.8 Å². The van der Waals surface area contributed by atoms with Gasteiger partial charge in [0.25, 0.3) is 0 Å². The lowest BCUT2D eigenvalue weighted by molar-refractivity contribution is 0.250. The Balaban J connectivity index is 1.85. The summed E-state index contributed by atoms with van der Waals surface area (Å²) in [5.41, 5.74) is 0.613. The van der Waals surface area contributed by atoms with Crippen molar-refractivity contribution in [3.05, 3.63) is 41.1 Å². The lowest BCUT2D eigenvalue weighted by Crippen LogP contribution is -2.28. The monoisotopic (exact) mass is 266 g/mol. The lowest BCUT2D eigenvalue weighted by Gasteiger charge is -2.05. The molecule has 0 aliphatic carbocycles. The van der Waals surface area contributed by atoms with Crippen LogP contribution in [0.25, 0.3) is 0 Å². The Morgan fingerprint density at radius 2 is 2.28 bits per heavy atom. The van der Waals surface area contributed by atoms with Crippen molar-refractivity contribution in [1.29, 1.82) is 0 Å². The Morgan fingerprint density at radius 1 is 1.44 bits per heavy atom. The van der Waals surface area contributed by atoms with Crippen LogP contribution in [-0.2, 0) is 6.54 Å². The summed E-state index contributed by atoms with van der Waals surface area (Å²) in [6.07, 6.45) is 0. The van der Waals surface area contributed by atoms with E-state index in [2.05, 4.69) is 20.8 Å². The van der Waals surface area contributed by atoms with Gasteiger partial charge in [-0.05, 0) is 18.2 Å². The smallest absolute Gasteiger partial charge is 0.319 e. The molecule has 2 rings (SSSR count). The molecule has 0 unspecified atom stereocenters. The molecule has 94 valence electrons. The van der Waals surface area contributed by atoms with E-state index in [1.54, 1.807) is 31.2 Å². The van der Waals surface area contributed by atoms with Crippen LogP contribution in [0.4, 0.5) is 10.5 Å². The average molecular weight is 267 g/mol. The van der Waals surface area contributed by atoms with Gasteiger partial charge in [0.2, 0.25) is 11.8 Å². The van der Waals surface area contributed by atoms with Crippen LogP contribution in [0.2, 0.25) is 5.02 Å². The maximum atomic E-state index is 11.5. The number of halogens is 1. The minimum Gasteiger partial charge on any atom is -0.424 e. The number of nitrogens with one attached hydrogen (secondary N) is 2. The van der Waals surface area contributed by atoms with E-state index in [0.717, 1.165) is 0 Å². The van der Waals surface area contributed by atoms with Gasteiger partial charge in [0.05, 0.1) is 6.54 Å². The van der Waals surface area contributed by atoms with Gasteiger partial charge >= 0.3 is 6.03 Å². The van der Waals surface area contributed by atoms with Gasteiger partial charge in [-0.3, -0.25) is 0 Å². The predicted octanol–water partition coefficient (Wildman–Crippen LogP) is 2.35. The molecule has 18 heavy (non-hydrogen) atoms. The number of nitrogens with zero attached hydrogens (tertiary/aromatic N) is 2. The number of carbonyl (C=O) groups is 1. The third-order valence-electron chi connectivity index (χ3n) is 2.05. The molecular formula is C11H11ClN4O2. The standard InChI is InChI=1S/C11H11ClN4O2/c1-7-15-16-10(18-7)6-13-11(17)14-9-4-2-3-8(12)5-9/h2-5H,6H2,1H3,(H2,13,14,17). The van der Waals surface area contributed by atoms with Gasteiger partial charge in [0, 0.05) is 17.6 Å². The molecule has 0 aliphatic rings. The average Bonchev–Trinajstić information content (AvgIpc) is 2.73. The van der Waals surface area contributed by atoms with E-state index < -0.39 is 0 Å². The first-order valence-electron chi connectivity index (χ1n) is 5.23. The second-order valence-electron chi connectivity index (χ2n) is 3.53. The van der Waals surface area contributed by atoms with E-state index >= 15 is 0 Å². The largest absolute Gasteiger partial charge is 0.424 e. The molecular weight excluding hydrogens is 256 g/mol. The second-order valence-corrected chi connectivity index (χ2v) is 3.97. The van der Waals surface area contributed by atoms with Crippen molar-refractivity contribution in [2.24, 2.45) is 0 Å². The highest BCUT2D eigenvalue weighted by Gasteiger charge is 2.05. The molecule has 1 aromatic heterocycles. The van der Waals surface area contributed by atoms with Gasteiger partial charge in [-0.15, -0.1) is 10.2 Å². The summed E-state index contributed by atoms with van der Waals surface area (Å²) in [6, 6.07) is 6.50. The lowest BCUT2D eigenvalue weighted by atomic mass is 10.3. The first kappa shape index (κ1) is 12.4. The fourth-order valence-electron chi connectivity index (χ4n) is 1.31. The highest BCUT2D eigenvalue weighted by Crippen LogP contribution is 2.14. The predicted molar refractivity (Wildman–Crippen MR) is 66.3 cm³/mol. The molecule has 7 heteroatoms. The van der Waals surface area contributed by atoms with Gasteiger partial charge in [0.15, 0.2) is 0 Å². The van der Waals surface area contributed by atoms with Crippen LogP contribution < -0.4 is 10.6 Å². The highest BCUT2D eigenvalue weighted by molar-refractivity contribution is 6.30. The number of anilines is 1. The topological polar surface area (TPSA) is 80.0 Å². The normalized spacial score (nSPS) is 10.1. The first-order chi connectivity index (χ1) is 8.63. The van der Waals surface area contributed by atoms with E-state index in [1.807, 2.05) is 0 Å². The molecule has 0 aliphatic heterocycles. The fourth-order valence-corrected chi connectivity index (χ4v) is 1.50. The number of urea groups is 1. The Hall–Kier alpha value is -2.08. The molecule has 2 amide bonds. The van der Waals surface area contributed by atoms with Crippen LogP contribution in [0.5, 0.6) is 0 Å². The molecule has 2 aromatic rings. The number of amides is 2. The van der Waals surface area contributed by atoms with Crippen molar-refractivity contribution in [1.82, 2.24) is 15.5 Å². The molecule has 0 saturated carbocycles. The fraction of sp³-hybridized carbons (Fsp3) is 0.182. The number of aromatic nitrogens is 2. The zero-order valence-electron chi connectivity index (χ0n) is 9.61. The molecule has 0 radical (unpaired) electrons. The third kappa shape index (κ3) is 3.46. The van der Waals surface area contributed by atoms with E-state index in [9.17, 15) is 4.79 Å². The molecule has 0 fully saturated rings. The van der Waals surface area contributed by atoms with Crippen LogP contribution in [0, 0.1) is 6.92 Å². The maximum Gasteiger partial charge on any atom is 0.319 e. The number of hydrogen-bond acceptors (Lipinski definition) is 4. The van der Waals surface area contributed by atoms with Gasteiger partial charge in [0.1, 0.15) is 0 Å². The summed E-state index contributed by atoms with van der Waals surface area (Å²) < 4.78 is 5.12. The molecule has 0 spiro atoms. The van der Waals surface area contributed by atoms with Gasteiger partial charge < -0.3 is 15.1 Å². The number of aryl methyl sites for hydroxylation is 1. The molecule has 1 heterocycles. The number of hydrogen-bond donors (Lipinski definition) is 2. The summed E-state index contributed by atoms with van der Waals surface area (Å²) in [5.74, 6) is 0.816. The minimum atomic E-state index is -0.367. The molecule has 0 bridgehead atoms. The van der Waals surface area contributed by atoms with Crippen molar-refractivity contribution in [3.63, 3.8) is 0 Å². The van der Waals surface area contributed by atoms with Crippen molar-refractivity contribution < 1.29 is 9.21 Å². The number of rotatable bonds is 3. The Bertz CT molecular complexity index is 555. The second kappa shape index (κ2) is 5.50. The van der Waals surface area contributed by atoms with E-state index in [0.29, 0.717) is 22.5 Å². The Labute approximate surface area is 108 Å². The van der Waals surface area contributed by atoms with Crippen molar-refractivity contribution in [2.45, 2.75) is 13.5 Å². The zero-order chi connectivity index (χ0) is 13.0. The summed E-state index contributed by atoms with van der Waals surface area (Å²) in [5, 5.41) is 13.2. The van der Waals surface area contributed by atoms with Gasteiger partial charge in [-0.2, -0.15) is 0 Å². The van der Waals surface area contributed by atoms with E-state index in [-0.39, 0.29) is 12.6 Å². The number of benzene rings is 1. The number of carbonyl (C=O) groups excluding carboxylic acids is 1. The molecule has 1 aromatic carbocycles. The minimum absolute atomic E-state index is 0.174. The summed E-state index contributed by atoms with van der Waals surface area (Å²) in [7, 11) is 0. The van der Waals surface area contributed by atoms with Crippen LogP contribution >= 0.6 is 11.6 Å². The van der Waals surface area contributed by atoms with Crippen LogP contribution in [-0.4, -0.2) is 16.2 Å². The zero-order valence-corrected chi connectivity index (χ0v) is 10.4. The van der Waals surface area contributed by atoms with Gasteiger partial charge in [-0.1, -0.05) is 17.7 Å². The van der Waals surface area contributed by atoms with Crippen LogP contribution in [0.3, 0.4) is 0 Å². The van der Waals surface area contributed by atoms with Crippen molar-refractivity contribution >= 4 is 23.3 Å². The van der Waals surface area contributed by atoms with E-state index in [4.69, 9.17) is 16.0 Å². The maximum absolute atomic E-state index is 11.5. The molecule has 6 nitrogen and oxygen atoms in total. The summed E-state index contributed by atoms with van der Waals surface area (Å²) in [4.78, 5) is 11.5. The SMILES string of the molecule is Cc1nnc(CNC(=O)Nc2cccc(Cl)c2)o1. The summed E-state index contributed by atoms with van der Waals surface area (Å²) in [6.45, 7) is 1.86.